The minimum absolute atomic E-state index is 0.0936. The Labute approximate surface area is 94.4 Å². The summed E-state index contributed by atoms with van der Waals surface area (Å²) in [5, 5.41) is 0. The molecule has 0 aliphatic rings. The van der Waals surface area contributed by atoms with Crippen molar-refractivity contribution in [2.24, 2.45) is 11.3 Å². The Morgan fingerprint density at radius 3 is 2.13 bits per heavy atom. The van der Waals surface area contributed by atoms with Gasteiger partial charge in [0.25, 0.3) is 0 Å². The summed E-state index contributed by atoms with van der Waals surface area (Å²) < 4.78 is 5.28. The molecule has 0 saturated carbocycles. The molecule has 0 aliphatic carbocycles. The van der Waals surface area contributed by atoms with Crippen LogP contribution >= 0.6 is 0 Å². The molecule has 0 radical (unpaired) electrons. The third-order valence-electron chi connectivity index (χ3n) is 2.52. The van der Waals surface area contributed by atoms with Crippen LogP contribution in [0, 0.1) is 11.3 Å². The van der Waals surface area contributed by atoms with E-state index in [0.717, 1.165) is 12.8 Å². The number of rotatable bonds is 6. The van der Waals surface area contributed by atoms with E-state index in [1.54, 1.807) is 7.11 Å². The number of carbonyl (C=O) groups is 1. The molecule has 0 amide bonds. The van der Waals surface area contributed by atoms with Crippen LogP contribution in [0.25, 0.3) is 0 Å². The number of hydrogen-bond donors (Lipinski definition) is 0. The van der Waals surface area contributed by atoms with Crippen molar-refractivity contribution in [1.29, 1.82) is 0 Å². The van der Waals surface area contributed by atoms with Crippen molar-refractivity contribution in [2.75, 3.05) is 7.11 Å². The highest BCUT2D eigenvalue weighted by atomic mass is 16.5. The number of ether oxygens (including phenoxy) is 1. The second kappa shape index (κ2) is 6.26. The zero-order chi connectivity index (χ0) is 12.1. The molecule has 1 atom stereocenters. The summed E-state index contributed by atoms with van der Waals surface area (Å²) in [5.41, 5.74) is -0.0936. The summed E-state index contributed by atoms with van der Waals surface area (Å²) in [6.45, 7) is 10.5. The number of hydrogen-bond acceptors (Lipinski definition) is 2. The Balaban J connectivity index is 4.07. The number of ketones is 1. The molecular weight excluding hydrogens is 188 g/mol. The molecule has 0 aromatic carbocycles. The Kier molecular flexibility index (Phi) is 6.11. The SMILES string of the molecule is COC(C(=O)CCCC(C)C)C(C)(C)C. The predicted molar refractivity (Wildman–Crippen MR) is 63.9 cm³/mol. The van der Waals surface area contributed by atoms with E-state index in [2.05, 4.69) is 13.8 Å². The Bertz CT molecular complexity index is 189. The molecule has 0 rings (SSSR count). The second-order valence-corrected chi connectivity index (χ2v) is 5.73. The highest BCUT2D eigenvalue weighted by molar-refractivity contribution is 5.83. The minimum atomic E-state index is -0.260. The van der Waals surface area contributed by atoms with Gasteiger partial charge in [-0.05, 0) is 17.8 Å². The van der Waals surface area contributed by atoms with Gasteiger partial charge in [-0.3, -0.25) is 4.79 Å². The Morgan fingerprint density at radius 2 is 1.80 bits per heavy atom. The quantitative estimate of drug-likeness (QED) is 0.677. The Morgan fingerprint density at radius 1 is 1.27 bits per heavy atom. The summed E-state index contributed by atoms with van der Waals surface area (Å²) in [4.78, 5) is 11.9. The lowest BCUT2D eigenvalue weighted by molar-refractivity contribution is -0.135. The standard InChI is InChI=1S/C13H26O2/c1-10(2)8-7-9-11(14)12(15-6)13(3,4)5/h10,12H,7-9H2,1-6H3. The maximum absolute atomic E-state index is 11.9. The minimum Gasteiger partial charge on any atom is -0.373 e. The van der Waals surface area contributed by atoms with Crippen molar-refractivity contribution in [2.45, 2.75) is 60.0 Å². The van der Waals surface area contributed by atoms with Crippen molar-refractivity contribution in [3.05, 3.63) is 0 Å². The van der Waals surface area contributed by atoms with Gasteiger partial charge in [0.2, 0.25) is 0 Å². The van der Waals surface area contributed by atoms with E-state index in [1.165, 1.54) is 0 Å². The van der Waals surface area contributed by atoms with Gasteiger partial charge < -0.3 is 4.74 Å². The van der Waals surface area contributed by atoms with E-state index in [4.69, 9.17) is 4.74 Å². The van der Waals surface area contributed by atoms with Crippen LogP contribution in [0.2, 0.25) is 0 Å². The molecule has 0 aromatic rings. The maximum Gasteiger partial charge on any atom is 0.162 e. The predicted octanol–water partition coefficient (Wildman–Crippen LogP) is 3.44. The highest BCUT2D eigenvalue weighted by Crippen LogP contribution is 2.24. The first-order chi connectivity index (χ1) is 6.79. The van der Waals surface area contributed by atoms with Crippen LogP contribution in [-0.4, -0.2) is 19.0 Å². The number of Topliss-reactive ketones (excluding diaryl/α,β-unsaturated/α-hetero) is 1. The van der Waals surface area contributed by atoms with Crippen LogP contribution in [0.3, 0.4) is 0 Å². The molecule has 0 spiro atoms. The van der Waals surface area contributed by atoms with Crippen LogP contribution in [-0.2, 0) is 9.53 Å². The van der Waals surface area contributed by atoms with Gasteiger partial charge in [0.1, 0.15) is 6.10 Å². The van der Waals surface area contributed by atoms with Crippen molar-refractivity contribution in [3.8, 4) is 0 Å². The maximum atomic E-state index is 11.9. The summed E-state index contributed by atoms with van der Waals surface area (Å²) in [7, 11) is 1.62. The van der Waals surface area contributed by atoms with E-state index >= 15 is 0 Å². The monoisotopic (exact) mass is 214 g/mol. The zero-order valence-electron chi connectivity index (χ0n) is 11.1. The van der Waals surface area contributed by atoms with Crippen molar-refractivity contribution < 1.29 is 9.53 Å². The summed E-state index contributed by atoms with van der Waals surface area (Å²) in [6, 6.07) is 0. The average Bonchev–Trinajstić information content (AvgIpc) is 2.01. The van der Waals surface area contributed by atoms with E-state index in [1.807, 2.05) is 20.8 Å². The fourth-order valence-corrected chi connectivity index (χ4v) is 1.78. The lowest BCUT2D eigenvalue weighted by atomic mass is 9.85. The average molecular weight is 214 g/mol. The lowest BCUT2D eigenvalue weighted by Crippen LogP contribution is -2.36. The van der Waals surface area contributed by atoms with E-state index < -0.39 is 0 Å². The molecule has 2 heteroatoms. The largest absolute Gasteiger partial charge is 0.373 e. The zero-order valence-corrected chi connectivity index (χ0v) is 11.1. The molecule has 90 valence electrons. The van der Waals surface area contributed by atoms with Crippen LogP contribution in [0.1, 0.15) is 53.9 Å². The molecule has 0 heterocycles. The van der Waals surface area contributed by atoms with Crippen molar-refractivity contribution in [3.63, 3.8) is 0 Å². The van der Waals surface area contributed by atoms with Crippen LogP contribution in [0.4, 0.5) is 0 Å². The van der Waals surface area contributed by atoms with Gasteiger partial charge in [-0.1, -0.05) is 41.0 Å². The summed E-state index contributed by atoms with van der Waals surface area (Å²) >= 11 is 0. The second-order valence-electron chi connectivity index (χ2n) is 5.73. The van der Waals surface area contributed by atoms with Crippen LogP contribution in [0.15, 0.2) is 0 Å². The molecule has 0 bridgehead atoms. The van der Waals surface area contributed by atoms with Gasteiger partial charge >= 0.3 is 0 Å². The number of carbonyl (C=O) groups excluding carboxylic acids is 1. The fraction of sp³-hybridized carbons (Fsp3) is 0.923. The van der Waals surface area contributed by atoms with Gasteiger partial charge in [0.15, 0.2) is 5.78 Å². The Hall–Kier alpha value is -0.370. The van der Waals surface area contributed by atoms with Gasteiger partial charge in [-0.25, -0.2) is 0 Å². The van der Waals surface area contributed by atoms with Gasteiger partial charge in [-0.15, -0.1) is 0 Å². The third-order valence-corrected chi connectivity index (χ3v) is 2.52. The molecule has 0 aromatic heterocycles. The lowest BCUT2D eigenvalue weighted by Gasteiger charge is -2.28. The van der Waals surface area contributed by atoms with Crippen LogP contribution < -0.4 is 0 Å². The van der Waals surface area contributed by atoms with Crippen molar-refractivity contribution in [1.82, 2.24) is 0 Å². The van der Waals surface area contributed by atoms with E-state index in [-0.39, 0.29) is 17.3 Å². The summed E-state index contributed by atoms with van der Waals surface area (Å²) in [5.74, 6) is 0.916. The topological polar surface area (TPSA) is 26.3 Å². The van der Waals surface area contributed by atoms with Crippen LogP contribution in [0.5, 0.6) is 0 Å². The molecule has 0 N–H and O–H groups in total. The van der Waals surface area contributed by atoms with Crippen molar-refractivity contribution >= 4 is 5.78 Å². The smallest absolute Gasteiger partial charge is 0.162 e. The highest BCUT2D eigenvalue weighted by Gasteiger charge is 2.30. The molecule has 1 unspecified atom stereocenters. The third kappa shape index (κ3) is 5.93. The van der Waals surface area contributed by atoms with Gasteiger partial charge in [0.05, 0.1) is 0 Å². The first-order valence-electron chi connectivity index (χ1n) is 5.84. The first kappa shape index (κ1) is 14.6. The number of methoxy groups -OCH3 is 1. The van der Waals surface area contributed by atoms with Gasteiger partial charge in [-0.2, -0.15) is 0 Å². The van der Waals surface area contributed by atoms with E-state index in [0.29, 0.717) is 12.3 Å². The molecule has 0 saturated heterocycles. The molecule has 0 fully saturated rings. The molecular formula is C13H26O2. The molecule has 2 nitrogen and oxygen atoms in total. The summed E-state index contributed by atoms with van der Waals surface area (Å²) in [6.07, 6.45) is 2.48. The van der Waals surface area contributed by atoms with Gasteiger partial charge in [0, 0.05) is 13.5 Å². The fourth-order valence-electron chi connectivity index (χ4n) is 1.78. The molecule has 15 heavy (non-hydrogen) atoms. The normalized spacial score (nSPS) is 14.3. The first-order valence-corrected chi connectivity index (χ1v) is 5.84. The van der Waals surface area contributed by atoms with E-state index in [9.17, 15) is 4.79 Å². The molecule has 0 aliphatic heterocycles.